The summed E-state index contributed by atoms with van der Waals surface area (Å²) in [5.41, 5.74) is 3.04. The van der Waals surface area contributed by atoms with Crippen LogP contribution in [0.5, 0.6) is 0 Å². The van der Waals surface area contributed by atoms with Gasteiger partial charge in [0.2, 0.25) is 5.91 Å². The molecule has 146 valence electrons. The maximum Gasteiger partial charge on any atom is 0.302 e. The Morgan fingerprint density at radius 2 is 1.71 bits per heavy atom. The number of ether oxygens (including phenoxy) is 1. The summed E-state index contributed by atoms with van der Waals surface area (Å²) in [6.45, 7) is 3.35. The minimum atomic E-state index is -0.291. The van der Waals surface area contributed by atoms with Crippen LogP contribution in [-0.4, -0.2) is 24.5 Å². The molecule has 0 saturated heterocycles. The van der Waals surface area contributed by atoms with Gasteiger partial charge in [-0.3, -0.25) is 9.59 Å². The maximum absolute atomic E-state index is 12.7. The van der Waals surface area contributed by atoms with Crippen molar-refractivity contribution in [3.8, 4) is 0 Å². The first-order valence-electron chi connectivity index (χ1n) is 9.90. The smallest absolute Gasteiger partial charge is 0.302 e. The van der Waals surface area contributed by atoms with Crippen molar-refractivity contribution in [3.63, 3.8) is 0 Å². The molecule has 5 nitrogen and oxygen atoms in total. The molecule has 1 heterocycles. The monoisotopic (exact) mass is 378 g/mol. The molecule has 1 saturated carbocycles. The number of fused-ring (bicyclic) bond motifs is 1. The van der Waals surface area contributed by atoms with Crippen molar-refractivity contribution in [2.45, 2.75) is 38.8 Å². The van der Waals surface area contributed by atoms with Crippen molar-refractivity contribution in [2.75, 3.05) is 16.8 Å². The van der Waals surface area contributed by atoms with Gasteiger partial charge in [-0.25, -0.2) is 0 Å². The molecule has 0 spiro atoms. The van der Waals surface area contributed by atoms with Crippen molar-refractivity contribution in [2.24, 2.45) is 11.8 Å². The van der Waals surface area contributed by atoms with Crippen LogP contribution in [0.15, 0.2) is 54.6 Å². The van der Waals surface area contributed by atoms with E-state index in [1.165, 1.54) is 6.92 Å². The number of amides is 1. The van der Waals surface area contributed by atoms with Gasteiger partial charge in [-0.15, -0.1) is 0 Å². The summed E-state index contributed by atoms with van der Waals surface area (Å²) in [6.07, 6.45) is 2.20. The molecule has 0 bridgehead atoms. The highest BCUT2D eigenvalue weighted by atomic mass is 16.5. The average molecular weight is 378 g/mol. The summed E-state index contributed by atoms with van der Waals surface area (Å²) in [5, 5.41) is 3.65. The average Bonchev–Trinajstić information content (AvgIpc) is 3.52. The standard InChI is InChI=1S/C23H26N2O3/c1-15(26)25-21-11-7-6-10-19(21)22(24-18-8-4-3-5-9-18)20(14-28-16(2)27)23(25)17-12-13-17/h3-11,17,20,22-24H,12-14H2,1-2H3/t20-,22+,23+/m1/s1. The van der Waals surface area contributed by atoms with E-state index >= 15 is 0 Å². The van der Waals surface area contributed by atoms with Gasteiger partial charge < -0.3 is 15.0 Å². The number of para-hydroxylation sites is 2. The van der Waals surface area contributed by atoms with Crippen LogP contribution in [-0.2, 0) is 14.3 Å². The third kappa shape index (κ3) is 3.61. The maximum atomic E-state index is 12.7. The summed E-state index contributed by atoms with van der Waals surface area (Å²) >= 11 is 0. The predicted molar refractivity (Wildman–Crippen MR) is 109 cm³/mol. The van der Waals surface area contributed by atoms with E-state index in [2.05, 4.69) is 11.4 Å². The lowest BCUT2D eigenvalue weighted by Crippen LogP contribution is -2.53. The molecule has 0 radical (unpaired) electrons. The van der Waals surface area contributed by atoms with Gasteiger partial charge in [0.05, 0.1) is 12.6 Å². The third-order valence-electron chi connectivity index (χ3n) is 5.72. The van der Waals surface area contributed by atoms with Crippen molar-refractivity contribution in [1.29, 1.82) is 0 Å². The van der Waals surface area contributed by atoms with E-state index in [0.717, 1.165) is 29.8 Å². The number of carbonyl (C=O) groups excluding carboxylic acids is 2. The van der Waals surface area contributed by atoms with E-state index in [1.54, 1.807) is 6.92 Å². The van der Waals surface area contributed by atoms with Crippen LogP contribution in [0.1, 0.15) is 38.3 Å². The minimum absolute atomic E-state index is 0.0181. The third-order valence-corrected chi connectivity index (χ3v) is 5.72. The number of nitrogens with one attached hydrogen (secondary N) is 1. The summed E-state index contributed by atoms with van der Waals surface area (Å²) < 4.78 is 5.48. The second kappa shape index (κ2) is 7.66. The fraction of sp³-hybridized carbons (Fsp3) is 0.391. The molecular weight excluding hydrogens is 352 g/mol. The Kier molecular flexibility index (Phi) is 5.07. The van der Waals surface area contributed by atoms with Crippen molar-refractivity contribution < 1.29 is 14.3 Å². The van der Waals surface area contributed by atoms with Crippen molar-refractivity contribution in [1.82, 2.24) is 0 Å². The first-order valence-corrected chi connectivity index (χ1v) is 9.90. The van der Waals surface area contributed by atoms with Crippen molar-refractivity contribution >= 4 is 23.3 Å². The van der Waals surface area contributed by atoms with Gasteiger partial charge in [0.25, 0.3) is 0 Å². The van der Waals surface area contributed by atoms with Crippen LogP contribution in [0.25, 0.3) is 0 Å². The zero-order valence-corrected chi connectivity index (χ0v) is 16.3. The highest BCUT2D eigenvalue weighted by molar-refractivity contribution is 5.94. The molecule has 2 aliphatic rings. The number of nitrogens with zero attached hydrogens (tertiary/aromatic N) is 1. The fourth-order valence-corrected chi connectivity index (χ4v) is 4.43. The van der Waals surface area contributed by atoms with Crippen LogP contribution < -0.4 is 10.2 Å². The van der Waals surface area contributed by atoms with E-state index in [9.17, 15) is 9.59 Å². The highest BCUT2D eigenvalue weighted by Crippen LogP contribution is 2.50. The van der Waals surface area contributed by atoms with Gasteiger partial charge in [0.15, 0.2) is 0 Å². The van der Waals surface area contributed by atoms with E-state index in [0.29, 0.717) is 12.5 Å². The Morgan fingerprint density at radius 3 is 2.36 bits per heavy atom. The molecule has 2 aromatic carbocycles. The highest BCUT2D eigenvalue weighted by Gasteiger charge is 2.49. The number of esters is 1. The van der Waals surface area contributed by atoms with E-state index in [1.807, 2.05) is 53.4 Å². The van der Waals surface area contributed by atoms with E-state index < -0.39 is 0 Å². The van der Waals surface area contributed by atoms with Gasteiger partial charge in [-0.2, -0.15) is 0 Å². The number of hydrogen-bond acceptors (Lipinski definition) is 4. The fourth-order valence-electron chi connectivity index (χ4n) is 4.43. The van der Waals surface area contributed by atoms with Crippen LogP contribution >= 0.6 is 0 Å². The quantitative estimate of drug-likeness (QED) is 0.794. The zero-order chi connectivity index (χ0) is 19.7. The number of anilines is 2. The molecule has 0 aromatic heterocycles. The predicted octanol–water partition coefficient (Wildman–Crippen LogP) is 4.16. The Hall–Kier alpha value is -2.82. The second-order valence-corrected chi connectivity index (χ2v) is 7.73. The van der Waals surface area contributed by atoms with Crippen LogP contribution in [0.4, 0.5) is 11.4 Å². The van der Waals surface area contributed by atoms with Gasteiger partial charge >= 0.3 is 5.97 Å². The molecular formula is C23H26N2O3. The van der Waals surface area contributed by atoms with Crippen LogP contribution in [0, 0.1) is 11.8 Å². The van der Waals surface area contributed by atoms with Gasteiger partial charge in [-0.05, 0) is 42.5 Å². The van der Waals surface area contributed by atoms with E-state index in [4.69, 9.17) is 4.74 Å². The molecule has 1 N–H and O–H groups in total. The van der Waals surface area contributed by atoms with Crippen LogP contribution in [0.2, 0.25) is 0 Å². The SMILES string of the molecule is CC(=O)OC[C@@H]1[C@@H](Nc2ccccc2)c2ccccc2N(C(C)=O)[C@H]1C1CC1. The molecule has 1 fully saturated rings. The molecule has 28 heavy (non-hydrogen) atoms. The van der Waals surface area contributed by atoms with Crippen LogP contribution in [0.3, 0.4) is 0 Å². The molecule has 1 aliphatic carbocycles. The Morgan fingerprint density at radius 1 is 1.04 bits per heavy atom. The molecule has 5 heteroatoms. The van der Waals surface area contributed by atoms with Gasteiger partial charge in [0, 0.05) is 37.2 Å². The van der Waals surface area contributed by atoms with Gasteiger partial charge in [0.1, 0.15) is 0 Å². The molecule has 4 rings (SSSR count). The molecule has 3 atom stereocenters. The first kappa shape index (κ1) is 18.5. The molecule has 0 unspecified atom stereocenters. The largest absolute Gasteiger partial charge is 0.465 e. The second-order valence-electron chi connectivity index (χ2n) is 7.73. The minimum Gasteiger partial charge on any atom is -0.465 e. The normalized spacial score (nSPS) is 23.6. The lowest BCUT2D eigenvalue weighted by Gasteiger charge is -2.46. The Balaban J connectivity index is 1.79. The number of benzene rings is 2. The summed E-state index contributed by atoms with van der Waals surface area (Å²) in [5.74, 6) is 0.171. The molecule has 1 amide bonds. The molecule has 1 aliphatic heterocycles. The lowest BCUT2D eigenvalue weighted by molar-refractivity contribution is -0.142. The number of carbonyl (C=O) groups is 2. The Labute approximate surface area is 165 Å². The lowest BCUT2D eigenvalue weighted by atomic mass is 9.79. The number of rotatable bonds is 5. The summed E-state index contributed by atoms with van der Waals surface area (Å²) in [6, 6.07) is 18.1. The first-order chi connectivity index (χ1) is 13.6. The topological polar surface area (TPSA) is 58.6 Å². The van der Waals surface area contributed by atoms with Gasteiger partial charge in [-0.1, -0.05) is 36.4 Å². The molecule has 2 aromatic rings. The number of hydrogen-bond donors (Lipinski definition) is 1. The Bertz CT molecular complexity index is 863. The summed E-state index contributed by atoms with van der Waals surface area (Å²) in [4.78, 5) is 26.2. The van der Waals surface area contributed by atoms with Crippen molar-refractivity contribution in [3.05, 3.63) is 60.2 Å². The summed E-state index contributed by atoms with van der Waals surface area (Å²) in [7, 11) is 0. The zero-order valence-electron chi connectivity index (χ0n) is 16.3. The van der Waals surface area contributed by atoms with E-state index in [-0.39, 0.29) is 29.9 Å².